The Morgan fingerprint density at radius 2 is 2.14 bits per heavy atom. The topological polar surface area (TPSA) is 55.2 Å². The van der Waals surface area contributed by atoms with Gasteiger partial charge in [-0.05, 0) is 12.1 Å². The van der Waals surface area contributed by atoms with Crippen LogP contribution in [0.5, 0.6) is 0 Å². The molecule has 5 nitrogen and oxygen atoms in total. The summed E-state index contributed by atoms with van der Waals surface area (Å²) >= 11 is 0. The van der Waals surface area contributed by atoms with Gasteiger partial charge in [-0.1, -0.05) is 0 Å². The molecule has 0 N–H and O–H groups in total. The number of aromatic nitrogens is 2. The molecular formula is C14H15F2N3O2S. The molecule has 1 aromatic carbocycles. The smallest absolute Gasteiger partial charge is 0.235 e. The normalized spacial score (nSPS) is 12.2. The van der Waals surface area contributed by atoms with Crippen LogP contribution in [0.1, 0.15) is 5.56 Å². The summed E-state index contributed by atoms with van der Waals surface area (Å²) in [6, 6.07) is 2.76. The van der Waals surface area contributed by atoms with Gasteiger partial charge < -0.3 is 4.90 Å². The average molecular weight is 327 g/mol. The van der Waals surface area contributed by atoms with Crippen LogP contribution in [0, 0.1) is 11.6 Å². The monoisotopic (exact) mass is 327 g/mol. The SMILES string of the molecule is CN(Cc1cnn(C)c1)C(=O)C[S@](=O)c1ccc(F)cc1F. The molecule has 0 aliphatic carbocycles. The summed E-state index contributed by atoms with van der Waals surface area (Å²) in [4.78, 5) is 13.2. The van der Waals surface area contributed by atoms with Gasteiger partial charge in [-0.3, -0.25) is 13.7 Å². The molecule has 8 heteroatoms. The van der Waals surface area contributed by atoms with E-state index in [2.05, 4.69) is 5.10 Å². The van der Waals surface area contributed by atoms with Crippen molar-refractivity contribution in [2.45, 2.75) is 11.4 Å². The van der Waals surface area contributed by atoms with E-state index >= 15 is 0 Å². The molecule has 22 heavy (non-hydrogen) atoms. The number of aryl methyl sites for hydroxylation is 1. The van der Waals surface area contributed by atoms with Gasteiger partial charge in [-0.25, -0.2) is 8.78 Å². The number of rotatable bonds is 5. The zero-order chi connectivity index (χ0) is 16.3. The van der Waals surface area contributed by atoms with Gasteiger partial charge in [0.1, 0.15) is 17.4 Å². The molecule has 0 saturated heterocycles. The molecule has 0 saturated carbocycles. The van der Waals surface area contributed by atoms with Crippen molar-refractivity contribution in [1.29, 1.82) is 0 Å². The molecule has 1 heterocycles. The molecule has 0 fully saturated rings. The second-order valence-electron chi connectivity index (χ2n) is 4.84. The minimum Gasteiger partial charge on any atom is -0.341 e. The van der Waals surface area contributed by atoms with Crippen LogP contribution in [0.15, 0.2) is 35.5 Å². The highest BCUT2D eigenvalue weighted by Gasteiger charge is 2.18. The molecule has 2 rings (SSSR count). The van der Waals surface area contributed by atoms with Crippen molar-refractivity contribution in [3.8, 4) is 0 Å². The number of hydrogen-bond acceptors (Lipinski definition) is 3. The number of amides is 1. The maximum Gasteiger partial charge on any atom is 0.235 e. The second-order valence-corrected chi connectivity index (χ2v) is 6.26. The van der Waals surface area contributed by atoms with E-state index in [1.807, 2.05) is 0 Å². The molecule has 1 aromatic heterocycles. The van der Waals surface area contributed by atoms with Crippen molar-refractivity contribution in [2.24, 2.45) is 7.05 Å². The highest BCUT2D eigenvalue weighted by Crippen LogP contribution is 2.14. The molecule has 0 aliphatic heterocycles. The van der Waals surface area contributed by atoms with Crippen molar-refractivity contribution in [3.63, 3.8) is 0 Å². The van der Waals surface area contributed by atoms with E-state index in [9.17, 15) is 17.8 Å². The summed E-state index contributed by atoms with van der Waals surface area (Å²) < 4.78 is 40.0. The number of carbonyl (C=O) groups is 1. The Bertz CT molecular complexity index is 718. The lowest BCUT2D eigenvalue weighted by Gasteiger charge is -2.16. The molecule has 0 bridgehead atoms. The largest absolute Gasteiger partial charge is 0.341 e. The van der Waals surface area contributed by atoms with Crippen LogP contribution >= 0.6 is 0 Å². The van der Waals surface area contributed by atoms with Crippen molar-refractivity contribution >= 4 is 16.7 Å². The third-order valence-electron chi connectivity index (χ3n) is 3.00. The Hall–Kier alpha value is -2.09. The zero-order valence-corrected chi connectivity index (χ0v) is 12.9. The summed E-state index contributed by atoms with van der Waals surface area (Å²) in [6.45, 7) is 0.315. The van der Waals surface area contributed by atoms with E-state index in [-0.39, 0.29) is 10.6 Å². The molecular weight excluding hydrogens is 312 g/mol. The second kappa shape index (κ2) is 6.78. The average Bonchev–Trinajstić information content (AvgIpc) is 2.83. The van der Waals surface area contributed by atoms with Gasteiger partial charge in [-0.2, -0.15) is 5.10 Å². The first-order chi connectivity index (χ1) is 10.4. The van der Waals surface area contributed by atoms with Crippen LogP contribution in [-0.2, 0) is 29.2 Å². The van der Waals surface area contributed by atoms with Crippen LogP contribution in [0.3, 0.4) is 0 Å². The lowest BCUT2D eigenvalue weighted by Crippen LogP contribution is -2.30. The Balaban J connectivity index is 1.99. The van der Waals surface area contributed by atoms with Crippen molar-refractivity contribution in [2.75, 3.05) is 12.8 Å². The maximum atomic E-state index is 13.5. The fraction of sp³-hybridized carbons (Fsp3) is 0.286. The van der Waals surface area contributed by atoms with E-state index in [0.29, 0.717) is 12.6 Å². The first-order valence-electron chi connectivity index (χ1n) is 6.41. The Morgan fingerprint density at radius 3 is 2.73 bits per heavy atom. The standard InChI is InChI=1S/C14H15F2N3O2S/c1-18(7-10-6-17-19(2)8-10)14(20)9-22(21)13-4-3-11(15)5-12(13)16/h3-6,8H,7,9H2,1-2H3/t22-/m0/s1. The summed E-state index contributed by atoms with van der Waals surface area (Å²) in [6.07, 6.45) is 3.39. The number of halogens is 2. The van der Waals surface area contributed by atoms with E-state index in [1.165, 1.54) is 4.90 Å². The van der Waals surface area contributed by atoms with E-state index in [1.54, 1.807) is 31.2 Å². The Kier molecular flexibility index (Phi) is 5.02. The van der Waals surface area contributed by atoms with Crippen LogP contribution in [0.25, 0.3) is 0 Å². The Labute approximate surface area is 129 Å². The van der Waals surface area contributed by atoms with Gasteiger partial charge >= 0.3 is 0 Å². The van der Waals surface area contributed by atoms with Crippen molar-refractivity contribution in [1.82, 2.24) is 14.7 Å². The van der Waals surface area contributed by atoms with Gasteiger partial charge in [0.25, 0.3) is 0 Å². The fourth-order valence-corrected chi connectivity index (χ4v) is 2.97. The third-order valence-corrected chi connectivity index (χ3v) is 4.33. The van der Waals surface area contributed by atoms with Crippen LogP contribution in [-0.4, -0.2) is 37.6 Å². The number of hydrogen-bond donors (Lipinski definition) is 0. The molecule has 0 aliphatic rings. The van der Waals surface area contributed by atoms with Gasteiger partial charge in [0.05, 0.1) is 21.9 Å². The van der Waals surface area contributed by atoms with Crippen LogP contribution in [0.2, 0.25) is 0 Å². The predicted molar refractivity (Wildman–Crippen MR) is 77.3 cm³/mol. The molecule has 0 unspecified atom stereocenters. The third kappa shape index (κ3) is 3.97. The maximum absolute atomic E-state index is 13.5. The lowest BCUT2D eigenvalue weighted by atomic mass is 10.3. The number of nitrogens with zero attached hydrogens (tertiary/aromatic N) is 3. The van der Waals surface area contributed by atoms with Crippen molar-refractivity contribution < 1.29 is 17.8 Å². The van der Waals surface area contributed by atoms with E-state index in [0.717, 1.165) is 17.7 Å². The predicted octanol–water partition coefficient (Wildman–Crippen LogP) is 1.46. The van der Waals surface area contributed by atoms with Gasteiger partial charge in [0.15, 0.2) is 0 Å². The summed E-state index contributed by atoms with van der Waals surface area (Å²) in [5.41, 5.74) is 0.831. The first kappa shape index (κ1) is 16.3. The van der Waals surface area contributed by atoms with Crippen LogP contribution in [0.4, 0.5) is 8.78 Å². The zero-order valence-electron chi connectivity index (χ0n) is 12.1. The highest BCUT2D eigenvalue weighted by atomic mass is 32.2. The molecule has 2 aromatic rings. The van der Waals surface area contributed by atoms with E-state index < -0.39 is 28.3 Å². The molecule has 1 amide bonds. The molecule has 0 radical (unpaired) electrons. The lowest BCUT2D eigenvalue weighted by molar-refractivity contribution is -0.127. The van der Waals surface area contributed by atoms with E-state index in [4.69, 9.17) is 0 Å². The van der Waals surface area contributed by atoms with Gasteiger partial charge in [0.2, 0.25) is 5.91 Å². The number of carbonyl (C=O) groups excluding carboxylic acids is 1. The number of benzene rings is 1. The van der Waals surface area contributed by atoms with Crippen molar-refractivity contribution in [3.05, 3.63) is 47.8 Å². The summed E-state index contributed by atoms with van der Waals surface area (Å²) in [5.74, 6) is -2.43. The quantitative estimate of drug-likeness (QED) is 0.835. The fourth-order valence-electron chi connectivity index (χ4n) is 1.88. The van der Waals surface area contributed by atoms with Gasteiger partial charge in [-0.15, -0.1) is 0 Å². The minimum absolute atomic E-state index is 0.176. The summed E-state index contributed by atoms with van der Waals surface area (Å²) in [5, 5.41) is 3.99. The molecule has 0 spiro atoms. The van der Waals surface area contributed by atoms with Crippen LogP contribution < -0.4 is 0 Å². The molecule has 1 atom stereocenters. The summed E-state index contributed by atoms with van der Waals surface area (Å²) in [7, 11) is 1.46. The first-order valence-corrected chi connectivity index (χ1v) is 7.73. The Morgan fingerprint density at radius 1 is 1.41 bits per heavy atom. The minimum atomic E-state index is -1.86. The molecule has 118 valence electrons. The highest BCUT2D eigenvalue weighted by molar-refractivity contribution is 7.85. The van der Waals surface area contributed by atoms with Gasteiger partial charge in [0, 0.05) is 38.5 Å².